The van der Waals surface area contributed by atoms with Crippen LogP contribution in [0.15, 0.2) is 24.3 Å². The lowest BCUT2D eigenvalue weighted by Crippen LogP contribution is -2.38. The Morgan fingerprint density at radius 2 is 1.58 bits per heavy atom. The van der Waals surface area contributed by atoms with Crippen molar-refractivity contribution in [2.45, 2.75) is 115 Å². The molecule has 2 saturated carbocycles. The topological polar surface area (TPSA) is 116 Å². The van der Waals surface area contributed by atoms with Gasteiger partial charge in [-0.2, -0.15) is 4.89 Å². The van der Waals surface area contributed by atoms with Gasteiger partial charge in [-0.05, 0) is 82.3 Å². The molecule has 0 spiro atoms. The third-order valence-corrected chi connectivity index (χ3v) is 7.44. The van der Waals surface area contributed by atoms with Crippen LogP contribution in [0, 0.1) is 11.8 Å². The van der Waals surface area contributed by atoms with Crippen LogP contribution in [0.25, 0.3) is 0 Å². The van der Waals surface area contributed by atoms with E-state index in [1.54, 1.807) is 24.3 Å². The molecule has 0 aromatic heterocycles. The molecule has 0 saturated heterocycles. The van der Waals surface area contributed by atoms with Gasteiger partial charge in [-0.1, -0.05) is 26.0 Å². The Bertz CT molecular complexity index is 741. The summed E-state index contributed by atoms with van der Waals surface area (Å²) in [6.45, 7) is 5.44. The molecular weight excluding hydrogens is 488 g/mol. The zero-order chi connectivity index (χ0) is 26.1. The maximum absolute atomic E-state index is 10.5. The van der Waals surface area contributed by atoms with Gasteiger partial charge in [0, 0.05) is 5.56 Å². The number of rotatable bonds is 13. The van der Waals surface area contributed by atoms with E-state index in [1.165, 1.54) is 6.92 Å². The van der Waals surface area contributed by atoms with Gasteiger partial charge in [-0.25, -0.2) is 9.78 Å². The van der Waals surface area contributed by atoms with Crippen molar-refractivity contribution in [3.05, 3.63) is 29.8 Å². The van der Waals surface area contributed by atoms with Crippen LogP contribution in [0.3, 0.4) is 0 Å². The minimum Gasteiger partial charge on any atom is -0.366 e. The highest BCUT2D eigenvalue weighted by molar-refractivity contribution is 7.80. The zero-order valence-corrected chi connectivity index (χ0v) is 22.3. The first-order valence-corrected chi connectivity index (χ1v) is 13.5. The van der Waals surface area contributed by atoms with Gasteiger partial charge >= 0.3 is 0 Å². The second kappa shape index (κ2) is 14.8. The highest BCUT2D eigenvalue weighted by Crippen LogP contribution is 2.36. The quantitative estimate of drug-likeness (QED) is 0.127. The summed E-state index contributed by atoms with van der Waals surface area (Å²) in [5.41, 5.74) is 0.483. The Morgan fingerprint density at radius 3 is 2.19 bits per heavy atom. The van der Waals surface area contributed by atoms with Gasteiger partial charge in [0.1, 0.15) is 5.44 Å². The van der Waals surface area contributed by atoms with Gasteiger partial charge in [0.15, 0.2) is 24.6 Å². The zero-order valence-electron chi connectivity index (χ0n) is 21.4. The predicted molar refractivity (Wildman–Crippen MR) is 135 cm³/mol. The SMILES string of the molecule is CC[C@@H](O)OOC1CCC(C(S)O[C@H]2CCC(OC(O)c3ccc(OO[C@@H](C)O)cc3)C[C@H]2C)CC1. The molecule has 2 aliphatic carbocycles. The fourth-order valence-corrected chi connectivity index (χ4v) is 5.14. The van der Waals surface area contributed by atoms with Crippen molar-refractivity contribution >= 4 is 12.6 Å². The molecule has 0 heterocycles. The van der Waals surface area contributed by atoms with Crippen LogP contribution >= 0.6 is 12.6 Å². The van der Waals surface area contributed by atoms with Crippen molar-refractivity contribution in [1.29, 1.82) is 0 Å². The molecule has 36 heavy (non-hydrogen) atoms. The van der Waals surface area contributed by atoms with E-state index in [0.29, 0.717) is 23.7 Å². The molecule has 1 aromatic carbocycles. The van der Waals surface area contributed by atoms with Crippen LogP contribution in [0.1, 0.15) is 84.0 Å². The fourth-order valence-electron chi connectivity index (χ4n) is 4.69. The van der Waals surface area contributed by atoms with Gasteiger partial charge in [0.05, 0.1) is 18.3 Å². The Balaban J connectivity index is 1.37. The van der Waals surface area contributed by atoms with E-state index >= 15 is 0 Å². The maximum Gasteiger partial charge on any atom is 0.197 e. The third-order valence-electron chi connectivity index (χ3n) is 6.90. The summed E-state index contributed by atoms with van der Waals surface area (Å²) in [4.78, 5) is 20.0. The number of ether oxygens (including phenoxy) is 2. The molecule has 0 aliphatic heterocycles. The van der Waals surface area contributed by atoms with E-state index in [9.17, 15) is 10.2 Å². The standard InChI is InChI=1S/C26H42O9S/c1-4-24(28)35-34-21-11-7-19(8-12-21)26(36)31-23-14-13-22(15-16(23)2)30-25(29)18-5-9-20(10-6-18)33-32-17(3)27/h5-6,9-10,16-17,19,21-29,36H,4,7-8,11-15H2,1-3H3/t16-,17+,19?,21?,22?,23+,24+,25?,26?/m1/s1. The number of thiol groups is 1. The Morgan fingerprint density at radius 1 is 0.917 bits per heavy atom. The Labute approximate surface area is 219 Å². The molecule has 1 aromatic rings. The van der Waals surface area contributed by atoms with E-state index in [2.05, 4.69) is 11.8 Å². The fraction of sp³-hybridized carbons (Fsp3) is 0.769. The summed E-state index contributed by atoms with van der Waals surface area (Å²) < 4.78 is 12.3. The third kappa shape index (κ3) is 9.41. The maximum atomic E-state index is 10.5. The van der Waals surface area contributed by atoms with Gasteiger partial charge < -0.3 is 29.7 Å². The summed E-state index contributed by atoms with van der Waals surface area (Å²) in [5.74, 6) is 1.05. The Kier molecular flexibility index (Phi) is 12.2. The second-order valence-corrected chi connectivity index (χ2v) is 10.4. The van der Waals surface area contributed by atoms with Crippen LogP contribution in [0.2, 0.25) is 0 Å². The lowest BCUT2D eigenvalue weighted by atomic mass is 9.85. The minimum absolute atomic E-state index is 0.00206. The summed E-state index contributed by atoms with van der Waals surface area (Å²) in [6, 6.07) is 6.69. The molecule has 9 nitrogen and oxygen atoms in total. The van der Waals surface area contributed by atoms with Crippen LogP contribution in [0.5, 0.6) is 5.75 Å². The molecule has 3 N–H and O–H groups in total. The van der Waals surface area contributed by atoms with Gasteiger partial charge in [-0.15, -0.1) is 12.6 Å². The molecule has 3 unspecified atom stereocenters. The molecule has 0 bridgehead atoms. The molecule has 10 heteroatoms. The summed E-state index contributed by atoms with van der Waals surface area (Å²) in [7, 11) is 0. The van der Waals surface area contributed by atoms with E-state index < -0.39 is 18.9 Å². The number of hydrogen-bond acceptors (Lipinski definition) is 10. The number of aliphatic hydroxyl groups is 3. The highest BCUT2D eigenvalue weighted by atomic mass is 32.1. The number of hydrogen-bond donors (Lipinski definition) is 4. The van der Waals surface area contributed by atoms with E-state index in [4.69, 9.17) is 41.9 Å². The molecule has 2 fully saturated rings. The molecule has 2 aliphatic rings. The smallest absolute Gasteiger partial charge is 0.197 e. The van der Waals surface area contributed by atoms with E-state index in [1.807, 2.05) is 6.92 Å². The number of benzene rings is 1. The first kappa shape index (κ1) is 29.6. The summed E-state index contributed by atoms with van der Waals surface area (Å²) in [5, 5.41) is 29.1. The predicted octanol–water partition coefficient (Wildman–Crippen LogP) is 4.41. The van der Waals surface area contributed by atoms with Gasteiger partial charge in [-0.3, -0.25) is 0 Å². The van der Waals surface area contributed by atoms with E-state index in [-0.39, 0.29) is 29.7 Å². The van der Waals surface area contributed by atoms with Gasteiger partial charge in [0.25, 0.3) is 0 Å². The van der Waals surface area contributed by atoms with Crippen LogP contribution in [-0.2, 0) is 24.1 Å². The first-order valence-electron chi connectivity index (χ1n) is 13.0. The second-order valence-electron chi connectivity index (χ2n) is 9.91. The van der Waals surface area contributed by atoms with Crippen LogP contribution in [0.4, 0.5) is 0 Å². The van der Waals surface area contributed by atoms with Crippen LogP contribution < -0.4 is 4.89 Å². The summed E-state index contributed by atoms with van der Waals surface area (Å²) in [6.07, 6.45) is 3.64. The lowest BCUT2D eigenvalue weighted by molar-refractivity contribution is -0.394. The van der Waals surface area contributed by atoms with Crippen molar-refractivity contribution < 1.29 is 44.3 Å². The van der Waals surface area contributed by atoms with Crippen molar-refractivity contribution in [2.24, 2.45) is 11.8 Å². The summed E-state index contributed by atoms with van der Waals surface area (Å²) >= 11 is 4.77. The highest BCUT2D eigenvalue weighted by Gasteiger charge is 2.34. The molecular formula is C26H42O9S. The van der Waals surface area contributed by atoms with E-state index in [0.717, 1.165) is 44.9 Å². The van der Waals surface area contributed by atoms with Crippen molar-refractivity contribution in [3.63, 3.8) is 0 Å². The molecule has 0 amide bonds. The molecule has 7 atom stereocenters. The molecule has 3 rings (SSSR count). The largest absolute Gasteiger partial charge is 0.366 e. The molecule has 206 valence electrons. The first-order chi connectivity index (χ1) is 17.2. The van der Waals surface area contributed by atoms with Crippen molar-refractivity contribution in [3.8, 4) is 5.75 Å². The monoisotopic (exact) mass is 530 g/mol. The number of aliphatic hydroxyl groups excluding tert-OH is 3. The Hall–Kier alpha value is -0.950. The van der Waals surface area contributed by atoms with Gasteiger partial charge in [0.2, 0.25) is 0 Å². The average molecular weight is 531 g/mol. The normalized spacial score (nSPS) is 30.4. The van der Waals surface area contributed by atoms with Crippen molar-refractivity contribution in [1.82, 2.24) is 0 Å². The average Bonchev–Trinajstić information content (AvgIpc) is 2.88. The lowest BCUT2D eigenvalue weighted by Gasteiger charge is -2.38. The van der Waals surface area contributed by atoms with Crippen LogP contribution in [-0.4, -0.2) is 51.6 Å². The molecule has 0 radical (unpaired) electrons. The minimum atomic E-state index is -1.04. The van der Waals surface area contributed by atoms with Crippen molar-refractivity contribution in [2.75, 3.05) is 0 Å².